The van der Waals surface area contributed by atoms with Crippen LogP contribution in [0.5, 0.6) is 0 Å². The topological polar surface area (TPSA) is 75.4 Å². The fourth-order valence-electron chi connectivity index (χ4n) is 3.49. The fourth-order valence-corrected chi connectivity index (χ4v) is 3.49. The van der Waals surface area contributed by atoms with Crippen molar-refractivity contribution >= 4 is 11.9 Å². The molecule has 1 aliphatic carbocycles. The fraction of sp³-hybridized carbons (Fsp3) is 0.556. The van der Waals surface area contributed by atoms with Gasteiger partial charge in [-0.3, -0.25) is 9.69 Å². The van der Waals surface area contributed by atoms with Crippen molar-refractivity contribution in [2.24, 2.45) is 5.73 Å². The molecule has 5 nitrogen and oxygen atoms in total. The van der Waals surface area contributed by atoms with Gasteiger partial charge in [0.15, 0.2) is 0 Å². The Morgan fingerprint density at radius 1 is 1.22 bits per heavy atom. The molecule has 0 aromatic heterocycles. The Balaban J connectivity index is 1.93. The molecule has 1 fully saturated rings. The smallest absolute Gasteiger partial charge is 0.324 e. The first-order chi connectivity index (χ1) is 10.7. The normalized spacial score (nSPS) is 24.6. The Bertz CT molecular complexity index is 663. The standard InChI is InChI=1S/C18H25N3O2/c1-17(2,19)11-21-15(22)18(3,20-16(21)23)14-9-8-12-6-4-5-7-13(12)10-14/h8-10H,4-7,11,19H2,1-3H3,(H,20,23). The van der Waals surface area contributed by atoms with E-state index in [0.29, 0.717) is 0 Å². The number of carbonyl (C=O) groups is 2. The number of nitrogens with one attached hydrogen (secondary N) is 1. The summed E-state index contributed by atoms with van der Waals surface area (Å²) in [6.45, 7) is 5.60. The van der Waals surface area contributed by atoms with E-state index >= 15 is 0 Å². The minimum absolute atomic E-state index is 0.207. The number of carbonyl (C=O) groups excluding carboxylic acids is 2. The minimum Gasteiger partial charge on any atom is -0.324 e. The second-order valence-corrected chi connectivity index (χ2v) is 7.63. The van der Waals surface area contributed by atoms with Gasteiger partial charge in [0.25, 0.3) is 5.91 Å². The molecular weight excluding hydrogens is 290 g/mol. The van der Waals surface area contributed by atoms with E-state index in [9.17, 15) is 9.59 Å². The molecule has 0 spiro atoms. The largest absolute Gasteiger partial charge is 0.325 e. The molecule has 1 atom stereocenters. The summed E-state index contributed by atoms with van der Waals surface area (Å²) in [5.41, 5.74) is 7.88. The zero-order valence-corrected chi connectivity index (χ0v) is 14.1. The van der Waals surface area contributed by atoms with Gasteiger partial charge in [-0.25, -0.2) is 4.79 Å². The first-order valence-electron chi connectivity index (χ1n) is 8.26. The van der Waals surface area contributed by atoms with Crippen LogP contribution in [0.25, 0.3) is 0 Å². The highest BCUT2D eigenvalue weighted by Crippen LogP contribution is 2.32. The Labute approximate surface area is 137 Å². The average Bonchev–Trinajstić information content (AvgIpc) is 2.70. The number of nitrogens with zero attached hydrogens (tertiary/aromatic N) is 1. The predicted octanol–water partition coefficient (Wildman–Crippen LogP) is 2.07. The molecule has 3 N–H and O–H groups in total. The minimum atomic E-state index is -1.01. The van der Waals surface area contributed by atoms with E-state index in [4.69, 9.17) is 5.73 Å². The molecule has 1 saturated heterocycles. The Kier molecular flexibility index (Phi) is 3.71. The first-order valence-corrected chi connectivity index (χ1v) is 8.26. The lowest BCUT2D eigenvalue weighted by molar-refractivity contribution is -0.131. The second-order valence-electron chi connectivity index (χ2n) is 7.63. The summed E-state index contributed by atoms with van der Waals surface area (Å²) in [4.78, 5) is 26.4. The summed E-state index contributed by atoms with van der Waals surface area (Å²) in [6.07, 6.45) is 4.54. The third-order valence-corrected chi connectivity index (χ3v) is 4.77. The average molecular weight is 315 g/mol. The van der Waals surface area contributed by atoms with E-state index in [0.717, 1.165) is 18.4 Å². The van der Waals surface area contributed by atoms with Crippen molar-refractivity contribution < 1.29 is 9.59 Å². The third kappa shape index (κ3) is 2.85. The van der Waals surface area contributed by atoms with E-state index in [1.165, 1.54) is 28.9 Å². The molecule has 0 saturated carbocycles. The van der Waals surface area contributed by atoms with Crippen LogP contribution in [0.4, 0.5) is 4.79 Å². The summed E-state index contributed by atoms with van der Waals surface area (Å²) in [5.74, 6) is -0.225. The van der Waals surface area contributed by atoms with Gasteiger partial charge in [0.1, 0.15) is 5.54 Å². The van der Waals surface area contributed by atoms with Gasteiger partial charge in [0.2, 0.25) is 0 Å². The number of nitrogens with two attached hydrogens (primary N) is 1. The zero-order chi connectivity index (χ0) is 16.8. The highest BCUT2D eigenvalue weighted by atomic mass is 16.2. The highest BCUT2D eigenvalue weighted by molar-refractivity contribution is 6.07. The summed E-state index contributed by atoms with van der Waals surface area (Å²) in [7, 11) is 0. The third-order valence-electron chi connectivity index (χ3n) is 4.77. The van der Waals surface area contributed by atoms with Crippen LogP contribution in [0.15, 0.2) is 18.2 Å². The van der Waals surface area contributed by atoms with Crippen molar-refractivity contribution in [2.45, 2.75) is 57.5 Å². The first kappa shape index (κ1) is 16.0. The molecule has 5 heteroatoms. The van der Waals surface area contributed by atoms with Crippen LogP contribution in [0.1, 0.15) is 50.3 Å². The summed E-state index contributed by atoms with van der Waals surface area (Å²) >= 11 is 0. The molecule has 124 valence electrons. The van der Waals surface area contributed by atoms with Crippen LogP contribution >= 0.6 is 0 Å². The van der Waals surface area contributed by atoms with Crippen molar-refractivity contribution in [2.75, 3.05) is 6.54 Å². The number of urea groups is 1. The van der Waals surface area contributed by atoms with Gasteiger partial charge in [0, 0.05) is 12.1 Å². The lowest BCUT2D eigenvalue weighted by Crippen LogP contribution is -2.48. The molecule has 0 bridgehead atoms. The van der Waals surface area contributed by atoms with Crippen molar-refractivity contribution in [3.63, 3.8) is 0 Å². The van der Waals surface area contributed by atoms with E-state index in [1.54, 1.807) is 6.92 Å². The quantitative estimate of drug-likeness (QED) is 0.839. The number of hydrogen-bond acceptors (Lipinski definition) is 3. The maximum Gasteiger partial charge on any atom is 0.325 e. The van der Waals surface area contributed by atoms with E-state index in [2.05, 4.69) is 17.4 Å². The molecule has 3 rings (SSSR count). The number of aryl methyl sites for hydroxylation is 2. The van der Waals surface area contributed by atoms with Crippen LogP contribution in [0.2, 0.25) is 0 Å². The lowest BCUT2D eigenvalue weighted by atomic mass is 9.85. The van der Waals surface area contributed by atoms with Gasteiger partial charge >= 0.3 is 6.03 Å². The number of imide groups is 1. The van der Waals surface area contributed by atoms with E-state index in [1.807, 2.05) is 19.9 Å². The number of hydrogen-bond donors (Lipinski definition) is 2. The molecule has 1 unspecified atom stereocenters. The monoisotopic (exact) mass is 315 g/mol. The van der Waals surface area contributed by atoms with Crippen molar-refractivity contribution in [1.82, 2.24) is 10.2 Å². The molecule has 1 aromatic carbocycles. The molecule has 23 heavy (non-hydrogen) atoms. The zero-order valence-electron chi connectivity index (χ0n) is 14.1. The number of amides is 3. The van der Waals surface area contributed by atoms with Crippen molar-refractivity contribution in [3.8, 4) is 0 Å². The van der Waals surface area contributed by atoms with Gasteiger partial charge in [-0.1, -0.05) is 18.2 Å². The molecule has 2 aliphatic rings. The molecule has 1 aliphatic heterocycles. The van der Waals surface area contributed by atoms with Crippen molar-refractivity contribution in [3.05, 3.63) is 34.9 Å². The number of fused-ring (bicyclic) bond motifs is 1. The molecule has 3 amide bonds. The summed E-state index contributed by atoms with van der Waals surface area (Å²) in [6, 6.07) is 5.79. The molecule has 1 aromatic rings. The Hall–Kier alpha value is -1.88. The second kappa shape index (κ2) is 5.34. The van der Waals surface area contributed by atoms with E-state index < -0.39 is 11.1 Å². The van der Waals surface area contributed by atoms with E-state index in [-0.39, 0.29) is 18.5 Å². The lowest BCUT2D eigenvalue weighted by Gasteiger charge is -2.27. The maximum absolute atomic E-state index is 12.9. The van der Waals surface area contributed by atoms with Crippen LogP contribution in [0.3, 0.4) is 0 Å². The highest BCUT2D eigenvalue weighted by Gasteiger charge is 2.49. The van der Waals surface area contributed by atoms with Crippen LogP contribution in [0, 0.1) is 0 Å². The SMILES string of the molecule is CC(C)(N)CN1C(=O)NC(C)(c2ccc3c(c2)CCCC3)C1=O. The van der Waals surface area contributed by atoms with Gasteiger partial charge in [-0.2, -0.15) is 0 Å². The molecule has 0 radical (unpaired) electrons. The predicted molar refractivity (Wildman–Crippen MR) is 88.9 cm³/mol. The van der Waals surface area contributed by atoms with Crippen LogP contribution < -0.4 is 11.1 Å². The maximum atomic E-state index is 12.9. The summed E-state index contributed by atoms with van der Waals surface area (Å²) in [5, 5.41) is 2.86. The molecular formula is C18H25N3O2. The Morgan fingerprint density at radius 2 is 1.87 bits per heavy atom. The summed E-state index contributed by atoms with van der Waals surface area (Å²) < 4.78 is 0. The van der Waals surface area contributed by atoms with Crippen LogP contribution in [-0.2, 0) is 23.2 Å². The van der Waals surface area contributed by atoms with Crippen LogP contribution in [-0.4, -0.2) is 28.9 Å². The van der Waals surface area contributed by atoms with Crippen molar-refractivity contribution in [1.29, 1.82) is 0 Å². The number of benzene rings is 1. The molecule has 1 heterocycles. The Morgan fingerprint density at radius 3 is 2.52 bits per heavy atom. The van der Waals surface area contributed by atoms with Gasteiger partial charge in [0.05, 0.1) is 0 Å². The number of rotatable bonds is 3. The van der Waals surface area contributed by atoms with Gasteiger partial charge in [-0.15, -0.1) is 0 Å². The van der Waals surface area contributed by atoms with Gasteiger partial charge < -0.3 is 11.1 Å². The van der Waals surface area contributed by atoms with Gasteiger partial charge in [-0.05, 0) is 63.1 Å².